The van der Waals surface area contributed by atoms with Gasteiger partial charge in [0, 0.05) is 24.2 Å². The van der Waals surface area contributed by atoms with Crippen LogP contribution in [0.1, 0.15) is 46.5 Å². The molecule has 5 heteroatoms. The fourth-order valence-electron chi connectivity index (χ4n) is 3.68. The number of piperidine rings is 1. The highest BCUT2D eigenvalue weighted by Gasteiger charge is 2.26. The number of nitrogens with zero attached hydrogens (tertiary/aromatic N) is 1. The monoisotopic (exact) mass is 379 g/mol. The van der Waals surface area contributed by atoms with Crippen molar-refractivity contribution in [3.63, 3.8) is 0 Å². The second-order valence-corrected chi connectivity index (χ2v) is 7.59. The fraction of sp³-hybridized carbons (Fsp3) is 0.348. The summed E-state index contributed by atoms with van der Waals surface area (Å²) in [5.41, 5.74) is 1.40. The lowest BCUT2D eigenvalue weighted by molar-refractivity contribution is -0.137. The van der Waals surface area contributed by atoms with Crippen molar-refractivity contribution in [2.45, 2.75) is 20.3 Å². The van der Waals surface area contributed by atoms with Crippen molar-refractivity contribution >= 4 is 17.7 Å². The molecule has 146 valence electrons. The molecule has 1 amide bonds. The molecule has 0 unspecified atom stereocenters. The first kappa shape index (κ1) is 19.8. The highest BCUT2D eigenvalue weighted by molar-refractivity contribution is 6.09. The molecule has 1 aliphatic rings. The van der Waals surface area contributed by atoms with Gasteiger partial charge in [-0.3, -0.25) is 9.59 Å². The molecule has 2 aromatic carbocycles. The Hall–Kier alpha value is -2.95. The van der Waals surface area contributed by atoms with Gasteiger partial charge in [-0.2, -0.15) is 0 Å². The minimum atomic E-state index is -0.565. The predicted molar refractivity (Wildman–Crippen MR) is 106 cm³/mol. The maximum Gasteiger partial charge on any atom is 0.338 e. The van der Waals surface area contributed by atoms with Gasteiger partial charge in [-0.15, -0.1) is 0 Å². The van der Waals surface area contributed by atoms with Crippen molar-refractivity contribution in [1.82, 2.24) is 4.90 Å². The lowest BCUT2D eigenvalue weighted by Gasteiger charge is -2.34. The normalized spacial score (nSPS) is 19.1. The molecule has 1 saturated heterocycles. The smallest absolute Gasteiger partial charge is 0.338 e. The van der Waals surface area contributed by atoms with Gasteiger partial charge in [0.1, 0.15) is 0 Å². The molecule has 28 heavy (non-hydrogen) atoms. The average molecular weight is 379 g/mol. The first-order valence-corrected chi connectivity index (χ1v) is 9.58. The van der Waals surface area contributed by atoms with Gasteiger partial charge >= 0.3 is 5.97 Å². The number of carbonyl (C=O) groups excluding carboxylic acids is 3. The van der Waals surface area contributed by atoms with Crippen LogP contribution in [0.5, 0.6) is 0 Å². The van der Waals surface area contributed by atoms with E-state index in [0.29, 0.717) is 41.6 Å². The van der Waals surface area contributed by atoms with Crippen LogP contribution in [0, 0.1) is 11.8 Å². The largest absolute Gasteiger partial charge is 0.452 e. The standard InChI is InChI=1S/C23H25NO4/c1-16-12-17(2)14-24(13-16)21(25)15-28-23(27)20-10-8-19(9-11-20)22(26)18-6-4-3-5-7-18/h3-11,16-17H,12-15H2,1-2H3/t16-,17+. The Morgan fingerprint density at radius 1 is 0.857 bits per heavy atom. The minimum Gasteiger partial charge on any atom is -0.452 e. The van der Waals surface area contributed by atoms with E-state index in [-0.39, 0.29) is 18.3 Å². The maximum atomic E-state index is 12.4. The van der Waals surface area contributed by atoms with Crippen molar-refractivity contribution in [1.29, 1.82) is 0 Å². The molecule has 0 radical (unpaired) electrons. The van der Waals surface area contributed by atoms with Gasteiger partial charge in [-0.1, -0.05) is 56.3 Å². The Kier molecular flexibility index (Phi) is 6.24. The van der Waals surface area contributed by atoms with Gasteiger partial charge in [0.25, 0.3) is 5.91 Å². The third-order valence-electron chi connectivity index (χ3n) is 4.97. The van der Waals surface area contributed by atoms with Crippen LogP contribution >= 0.6 is 0 Å². The van der Waals surface area contributed by atoms with Gasteiger partial charge < -0.3 is 9.64 Å². The summed E-state index contributed by atoms with van der Waals surface area (Å²) >= 11 is 0. The van der Waals surface area contributed by atoms with Gasteiger partial charge in [0.15, 0.2) is 12.4 Å². The second kappa shape index (κ2) is 8.83. The molecule has 3 rings (SSSR count). The van der Waals surface area contributed by atoms with Crippen molar-refractivity contribution in [3.8, 4) is 0 Å². The third kappa shape index (κ3) is 4.85. The molecule has 0 spiro atoms. The molecule has 2 atom stereocenters. The van der Waals surface area contributed by atoms with Crippen LogP contribution in [0.3, 0.4) is 0 Å². The average Bonchev–Trinajstić information content (AvgIpc) is 2.71. The molecule has 1 heterocycles. The Bertz CT molecular complexity index is 835. The van der Waals surface area contributed by atoms with E-state index in [1.165, 1.54) is 0 Å². The van der Waals surface area contributed by atoms with Crippen LogP contribution < -0.4 is 0 Å². The van der Waals surface area contributed by atoms with E-state index in [0.717, 1.165) is 6.42 Å². The zero-order valence-electron chi connectivity index (χ0n) is 16.3. The van der Waals surface area contributed by atoms with Crippen molar-refractivity contribution in [2.24, 2.45) is 11.8 Å². The summed E-state index contributed by atoms with van der Waals surface area (Å²) in [7, 11) is 0. The summed E-state index contributed by atoms with van der Waals surface area (Å²) in [5.74, 6) is 0.0769. The summed E-state index contributed by atoms with van der Waals surface area (Å²) in [4.78, 5) is 38.7. The Balaban J connectivity index is 1.56. The number of carbonyl (C=O) groups is 3. The van der Waals surface area contributed by atoms with Crippen molar-refractivity contribution in [2.75, 3.05) is 19.7 Å². The topological polar surface area (TPSA) is 63.7 Å². The third-order valence-corrected chi connectivity index (χ3v) is 4.97. The molecule has 1 fully saturated rings. The lowest BCUT2D eigenvalue weighted by Crippen LogP contribution is -2.44. The minimum absolute atomic E-state index is 0.107. The summed E-state index contributed by atoms with van der Waals surface area (Å²) in [6.07, 6.45) is 1.11. The molecular weight excluding hydrogens is 354 g/mol. The molecule has 0 aliphatic carbocycles. The highest BCUT2D eigenvalue weighted by atomic mass is 16.5. The SMILES string of the molecule is C[C@@H]1C[C@H](C)CN(C(=O)COC(=O)c2ccc(C(=O)c3ccccc3)cc2)C1. The number of hydrogen-bond acceptors (Lipinski definition) is 4. The van der Waals surface area contributed by atoms with E-state index in [1.807, 2.05) is 6.07 Å². The van der Waals surface area contributed by atoms with Crippen LogP contribution in [0.15, 0.2) is 54.6 Å². The van der Waals surface area contributed by atoms with Gasteiger partial charge in [-0.05, 0) is 30.4 Å². The summed E-state index contributed by atoms with van der Waals surface area (Å²) in [5, 5.41) is 0. The number of rotatable bonds is 5. The maximum absolute atomic E-state index is 12.4. The van der Waals surface area contributed by atoms with E-state index in [2.05, 4.69) is 13.8 Å². The van der Waals surface area contributed by atoms with Crippen LogP contribution in [0.25, 0.3) is 0 Å². The van der Waals surface area contributed by atoms with Gasteiger partial charge in [0.05, 0.1) is 5.56 Å². The fourth-order valence-corrected chi connectivity index (χ4v) is 3.68. The number of ether oxygens (including phenoxy) is 1. The quantitative estimate of drug-likeness (QED) is 0.588. The van der Waals surface area contributed by atoms with Crippen LogP contribution in [0.4, 0.5) is 0 Å². The van der Waals surface area contributed by atoms with E-state index in [4.69, 9.17) is 4.74 Å². The highest BCUT2D eigenvalue weighted by Crippen LogP contribution is 2.21. The molecule has 0 aromatic heterocycles. The van der Waals surface area contributed by atoms with Crippen LogP contribution in [0.2, 0.25) is 0 Å². The summed E-state index contributed by atoms with van der Waals surface area (Å²) in [6.45, 7) is 5.40. The summed E-state index contributed by atoms with van der Waals surface area (Å²) in [6, 6.07) is 15.3. The number of hydrogen-bond donors (Lipinski definition) is 0. The lowest BCUT2D eigenvalue weighted by atomic mass is 9.92. The Morgan fingerprint density at radius 3 is 2.00 bits per heavy atom. The zero-order chi connectivity index (χ0) is 20.1. The molecule has 2 aromatic rings. The summed E-state index contributed by atoms with van der Waals surface area (Å²) < 4.78 is 5.18. The molecule has 0 bridgehead atoms. The molecular formula is C23H25NO4. The number of amides is 1. The zero-order valence-corrected chi connectivity index (χ0v) is 16.3. The Morgan fingerprint density at radius 2 is 1.39 bits per heavy atom. The van der Waals surface area contributed by atoms with Crippen molar-refractivity contribution < 1.29 is 19.1 Å². The first-order chi connectivity index (χ1) is 13.4. The molecule has 1 aliphatic heterocycles. The first-order valence-electron chi connectivity index (χ1n) is 9.58. The predicted octanol–water partition coefficient (Wildman–Crippen LogP) is 3.58. The number of esters is 1. The number of benzene rings is 2. The van der Waals surface area contributed by atoms with E-state index in [9.17, 15) is 14.4 Å². The van der Waals surface area contributed by atoms with E-state index in [1.54, 1.807) is 53.4 Å². The van der Waals surface area contributed by atoms with Gasteiger partial charge in [0.2, 0.25) is 0 Å². The Labute approximate surface area is 165 Å². The van der Waals surface area contributed by atoms with Gasteiger partial charge in [-0.25, -0.2) is 4.79 Å². The van der Waals surface area contributed by atoms with Crippen molar-refractivity contribution in [3.05, 3.63) is 71.3 Å². The van der Waals surface area contributed by atoms with E-state index < -0.39 is 5.97 Å². The second-order valence-electron chi connectivity index (χ2n) is 7.59. The van der Waals surface area contributed by atoms with E-state index >= 15 is 0 Å². The number of likely N-dealkylation sites (tertiary alicyclic amines) is 1. The van der Waals surface area contributed by atoms with Crippen LogP contribution in [-0.2, 0) is 9.53 Å². The molecule has 0 saturated carbocycles. The van der Waals surface area contributed by atoms with Crippen LogP contribution in [-0.4, -0.2) is 42.3 Å². The number of ketones is 1. The molecule has 5 nitrogen and oxygen atoms in total. The molecule has 0 N–H and O–H groups in total.